The smallest absolute Gasteiger partial charge is 0.0407 e. The van der Waals surface area contributed by atoms with Gasteiger partial charge < -0.3 is 16.9 Å². The molecule has 0 saturated heterocycles. The standard InChI is InChI=1S/2C13H21N.H2O/c2*1-4-11-9-7-8-10-12(11)13(14,5-2)6-3;/h2*7-10H,4-6,14H2,1-3H3;1H2. The first kappa shape index (κ1) is 27.3. The van der Waals surface area contributed by atoms with Crippen LogP contribution in [0, 0.1) is 0 Å². The van der Waals surface area contributed by atoms with E-state index in [1.54, 1.807) is 0 Å². The van der Waals surface area contributed by atoms with Crippen molar-refractivity contribution in [3.05, 3.63) is 70.8 Å². The first-order valence-electron chi connectivity index (χ1n) is 11.1. The zero-order valence-electron chi connectivity index (χ0n) is 19.5. The molecule has 2 aromatic carbocycles. The summed E-state index contributed by atoms with van der Waals surface area (Å²) >= 11 is 0. The Morgan fingerprint density at radius 3 is 1.07 bits per heavy atom. The number of hydrogen-bond acceptors (Lipinski definition) is 2. The molecular weight excluding hydrogens is 356 g/mol. The van der Waals surface area contributed by atoms with Gasteiger partial charge in [0.25, 0.3) is 0 Å². The zero-order valence-corrected chi connectivity index (χ0v) is 19.5. The van der Waals surface area contributed by atoms with Crippen LogP contribution in [0.15, 0.2) is 48.5 Å². The van der Waals surface area contributed by atoms with Crippen molar-refractivity contribution in [2.75, 3.05) is 0 Å². The third-order valence-corrected chi connectivity index (χ3v) is 6.39. The summed E-state index contributed by atoms with van der Waals surface area (Å²) in [5.74, 6) is 0. The molecule has 3 heteroatoms. The second-order valence-corrected chi connectivity index (χ2v) is 7.75. The second-order valence-electron chi connectivity index (χ2n) is 7.75. The van der Waals surface area contributed by atoms with Gasteiger partial charge in [0.2, 0.25) is 0 Å². The van der Waals surface area contributed by atoms with Gasteiger partial charge in [0.1, 0.15) is 0 Å². The summed E-state index contributed by atoms with van der Waals surface area (Å²) in [4.78, 5) is 0. The van der Waals surface area contributed by atoms with Crippen LogP contribution in [0.4, 0.5) is 0 Å². The molecule has 0 radical (unpaired) electrons. The Labute approximate surface area is 179 Å². The van der Waals surface area contributed by atoms with Crippen molar-refractivity contribution in [2.24, 2.45) is 11.5 Å². The third-order valence-electron chi connectivity index (χ3n) is 6.39. The van der Waals surface area contributed by atoms with Crippen LogP contribution in [-0.4, -0.2) is 5.48 Å². The lowest BCUT2D eigenvalue weighted by molar-refractivity contribution is 0.409. The van der Waals surface area contributed by atoms with Gasteiger partial charge in [-0.1, -0.05) is 90.1 Å². The molecule has 2 rings (SSSR count). The Balaban J connectivity index is 0.000000523. The lowest BCUT2D eigenvalue weighted by Gasteiger charge is -2.29. The third kappa shape index (κ3) is 6.67. The van der Waals surface area contributed by atoms with Gasteiger partial charge in [-0.25, -0.2) is 0 Å². The van der Waals surface area contributed by atoms with Crippen molar-refractivity contribution in [3.8, 4) is 0 Å². The first-order chi connectivity index (χ1) is 13.4. The lowest BCUT2D eigenvalue weighted by atomic mass is 9.82. The number of aryl methyl sites for hydroxylation is 2. The van der Waals surface area contributed by atoms with Crippen molar-refractivity contribution < 1.29 is 5.48 Å². The van der Waals surface area contributed by atoms with E-state index in [1.165, 1.54) is 22.3 Å². The van der Waals surface area contributed by atoms with Gasteiger partial charge in [-0.05, 0) is 60.8 Å². The van der Waals surface area contributed by atoms with Gasteiger partial charge in [0, 0.05) is 11.1 Å². The van der Waals surface area contributed by atoms with Gasteiger partial charge in [-0.3, -0.25) is 0 Å². The van der Waals surface area contributed by atoms with E-state index in [0.29, 0.717) is 0 Å². The molecule has 6 N–H and O–H groups in total. The fraction of sp³-hybridized carbons (Fsp3) is 0.538. The van der Waals surface area contributed by atoms with Crippen LogP contribution >= 0.6 is 0 Å². The second kappa shape index (κ2) is 12.8. The summed E-state index contributed by atoms with van der Waals surface area (Å²) in [6.07, 6.45) is 6.13. The van der Waals surface area contributed by atoms with Crippen LogP contribution in [-0.2, 0) is 23.9 Å². The number of hydrogen-bond donors (Lipinski definition) is 2. The zero-order chi connectivity index (χ0) is 21.2. The number of nitrogens with two attached hydrogens (primary N) is 2. The van der Waals surface area contributed by atoms with Crippen molar-refractivity contribution >= 4 is 0 Å². The van der Waals surface area contributed by atoms with Gasteiger partial charge >= 0.3 is 0 Å². The minimum absolute atomic E-state index is 0. The monoisotopic (exact) mass is 400 g/mol. The number of rotatable bonds is 8. The van der Waals surface area contributed by atoms with Crippen molar-refractivity contribution in [1.82, 2.24) is 0 Å². The van der Waals surface area contributed by atoms with Gasteiger partial charge in [-0.15, -0.1) is 0 Å². The highest BCUT2D eigenvalue weighted by Gasteiger charge is 2.25. The van der Waals surface area contributed by atoms with Crippen LogP contribution < -0.4 is 11.5 Å². The van der Waals surface area contributed by atoms with Crippen LogP contribution in [0.1, 0.15) is 89.5 Å². The first-order valence-corrected chi connectivity index (χ1v) is 11.1. The predicted octanol–water partition coefficient (Wildman–Crippen LogP) is 5.62. The maximum Gasteiger partial charge on any atom is 0.0407 e. The Bertz CT molecular complexity index is 642. The molecule has 0 spiro atoms. The average Bonchev–Trinajstić information content (AvgIpc) is 2.78. The quantitative estimate of drug-likeness (QED) is 0.602. The van der Waals surface area contributed by atoms with Gasteiger partial charge in [-0.2, -0.15) is 0 Å². The summed E-state index contributed by atoms with van der Waals surface area (Å²) in [5.41, 5.74) is 18.0. The van der Waals surface area contributed by atoms with Crippen molar-refractivity contribution in [2.45, 2.75) is 91.1 Å². The van der Waals surface area contributed by atoms with Crippen molar-refractivity contribution in [3.63, 3.8) is 0 Å². The molecule has 0 aromatic heterocycles. The average molecular weight is 401 g/mol. The Morgan fingerprint density at radius 2 is 0.828 bits per heavy atom. The molecule has 3 nitrogen and oxygen atoms in total. The van der Waals surface area contributed by atoms with Crippen LogP contribution in [0.2, 0.25) is 0 Å². The van der Waals surface area contributed by atoms with Crippen molar-refractivity contribution in [1.29, 1.82) is 0 Å². The normalized spacial score (nSPS) is 11.3. The maximum atomic E-state index is 6.39. The summed E-state index contributed by atoms with van der Waals surface area (Å²) in [5, 5.41) is 0. The Morgan fingerprint density at radius 1 is 0.552 bits per heavy atom. The molecule has 164 valence electrons. The highest BCUT2D eigenvalue weighted by molar-refractivity contribution is 5.34. The van der Waals surface area contributed by atoms with E-state index in [-0.39, 0.29) is 16.6 Å². The molecule has 0 atom stereocenters. The Kier molecular flexibility index (Phi) is 12.1. The molecule has 0 bridgehead atoms. The van der Waals surface area contributed by atoms with E-state index in [4.69, 9.17) is 11.5 Å². The molecule has 0 aliphatic heterocycles. The van der Waals surface area contributed by atoms with Crippen LogP contribution in [0.5, 0.6) is 0 Å². The summed E-state index contributed by atoms with van der Waals surface area (Å²) < 4.78 is 0. The van der Waals surface area contributed by atoms with E-state index in [0.717, 1.165) is 38.5 Å². The summed E-state index contributed by atoms with van der Waals surface area (Å²) in [7, 11) is 0. The van der Waals surface area contributed by atoms with E-state index < -0.39 is 0 Å². The molecule has 0 unspecified atom stereocenters. The van der Waals surface area contributed by atoms with Crippen LogP contribution in [0.25, 0.3) is 0 Å². The molecule has 0 fully saturated rings. The Hall–Kier alpha value is -1.68. The maximum absolute atomic E-state index is 6.39. The molecule has 0 saturated carbocycles. The summed E-state index contributed by atoms with van der Waals surface area (Å²) in [6, 6.07) is 17.1. The molecule has 2 aromatic rings. The molecule has 29 heavy (non-hydrogen) atoms. The molecule has 0 amide bonds. The molecule has 0 aliphatic rings. The van der Waals surface area contributed by atoms with Gasteiger partial charge in [0.05, 0.1) is 0 Å². The van der Waals surface area contributed by atoms with E-state index in [1.807, 2.05) is 0 Å². The van der Waals surface area contributed by atoms with E-state index >= 15 is 0 Å². The fourth-order valence-electron chi connectivity index (χ4n) is 3.89. The highest BCUT2D eigenvalue weighted by Crippen LogP contribution is 2.29. The number of benzene rings is 2. The predicted molar refractivity (Wildman–Crippen MR) is 128 cm³/mol. The highest BCUT2D eigenvalue weighted by atomic mass is 16.0. The van der Waals surface area contributed by atoms with E-state index in [2.05, 4.69) is 90.1 Å². The summed E-state index contributed by atoms with van der Waals surface area (Å²) in [6.45, 7) is 13.0. The van der Waals surface area contributed by atoms with Gasteiger partial charge in [0.15, 0.2) is 0 Å². The molecule has 0 heterocycles. The SMILES string of the molecule is CCc1ccccc1C(N)(CC)CC.CCc1ccccc1C(N)(CC)CC.O. The topological polar surface area (TPSA) is 83.5 Å². The lowest BCUT2D eigenvalue weighted by Crippen LogP contribution is -2.36. The molecule has 0 aliphatic carbocycles. The largest absolute Gasteiger partial charge is 0.412 e. The minimum atomic E-state index is -0.132. The van der Waals surface area contributed by atoms with E-state index in [9.17, 15) is 0 Å². The fourth-order valence-corrected chi connectivity index (χ4v) is 3.89. The molecular formula is C26H44N2O. The van der Waals surface area contributed by atoms with Crippen LogP contribution in [0.3, 0.4) is 0 Å². The minimum Gasteiger partial charge on any atom is -0.412 e.